The number of hydrogen-bond acceptors (Lipinski definition) is 14. The molecule has 2 atom stereocenters. The standard InChI is InChI=1S/C23H30BrN3O4.C15H21BrN2O2.C7H9N2O2.K.H2O/c1-22(2,3)20-25-19(26-31-20)18(28)12-14-9-10-27(21(29)30-23(4,5)6)13-15-11-16(24)7-8-17(14)15;1-15(2,3)20-14(19)18-7-6-13(17)12-5-4-11(16)8-10(12)9-18;1-7(2,3)6-8-5(4-10)9-11-6;;/h7-8,11,14H,9-10,12-13H2,1-6H3;4-5,8,13H,6-7,9,17H2,1-3H3;1-3H3;;1H2/q;;-1;+1;/p-1/t14-;13-;;;/m01.../s1. The Morgan fingerprint density at radius 3 is 1.62 bits per heavy atom. The average Bonchev–Trinajstić information content (AvgIpc) is 3.79. The van der Waals surface area contributed by atoms with Gasteiger partial charge in [0.25, 0.3) is 0 Å². The first kappa shape index (κ1) is 57.2. The van der Waals surface area contributed by atoms with Crippen molar-refractivity contribution in [2.45, 2.75) is 149 Å². The Morgan fingerprint density at radius 2 is 1.19 bits per heavy atom. The van der Waals surface area contributed by atoms with E-state index in [0.717, 1.165) is 37.6 Å². The molecule has 0 saturated heterocycles. The van der Waals surface area contributed by atoms with Crippen LogP contribution in [0.2, 0.25) is 0 Å². The van der Waals surface area contributed by atoms with Gasteiger partial charge in [-0.1, -0.05) is 95.8 Å². The fraction of sp³-hybridized carbons (Fsp3) is 0.556. The molecule has 346 valence electrons. The number of ketones is 1. The van der Waals surface area contributed by atoms with Crippen molar-refractivity contribution in [1.82, 2.24) is 30.1 Å². The second kappa shape index (κ2) is 23.7. The van der Waals surface area contributed by atoms with Crippen molar-refractivity contribution in [1.29, 1.82) is 0 Å². The molecule has 2 aromatic carbocycles. The second-order valence-electron chi connectivity index (χ2n) is 19.4. The summed E-state index contributed by atoms with van der Waals surface area (Å²) in [6, 6.07) is 12.0. The number of fused-ring (bicyclic) bond motifs is 2. The monoisotopic (exact) mass is 1040 g/mol. The van der Waals surface area contributed by atoms with Gasteiger partial charge in [-0.2, -0.15) is 11.3 Å². The zero-order valence-electron chi connectivity index (χ0n) is 39.3. The number of nitrogens with zero attached hydrogens (tertiary/aromatic N) is 6. The van der Waals surface area contributed by atoms with E-state index in [4.69, 9.17) is 24.3 Å². The zero-order valence-corrected chi connectivity index (χ0v) is 45.6. The molecule has 4 heterocycles. The molecule has 0 unspecified atom stereocenters. The van der Waals surface area contributed by atoms with Crippen LogP contribution in [-0.2, 0) is 38.2 Å². The summed E-state index contributed by atoms with van der Waals surface area (Å²) < 4.78 is 23.0. The van der Waals surface area contributed by atoms with Crippen molar-refractivity contribution in [2.24, 2.45) is 5.73 Å². The predicted molar refractivity (Wildman–Crippen MR) is 242 cm³/mol. The maximum Gasteiger partial charge on any atom is 1.00 e. The third-order valence-corrected chi connectivity index (χ3v) is 10.4. The average molecular weight is 1040 g/mol. The van der Waals surface area contributed by atoms with E-state index in [1.807, 2.05) is 119 Å². The summed E-state index contributed by atoms with van der Waals surface area (Å²) in [5.41, 5.74) is 8.87. The molecule has 2 aromatic heterocycles. The third-order valence-electron chi connectivity index (χ3n) is 9.44. The Hall–Kier alpha value is -2.88. The van der Waals surface area contributed by atoms with Crippen LogP contribution in [0.4, 0.5) is 9.59 Å². The van der Waals surface area contributed by atoms with Crippen molar-refractivity contribution >= 4 is 56.1 Å². The van der Waals surface area contributed by atoms with Crippen LogP contribution in [0.3, 0.4) is 0 Å². The molecule has 0 radical (unpaired) electrons. The molecular weight excluding hydrogens is 981 g/mol. The van der Waals surface area contributed by atoms with E-state index in [2.05, 4.69) is 52.1 Å². The van der Waals surface area contributed by atoms with Crippen molar-refractivity contribution in [2.75, 3.05) is 13.1 Å². The van der Waals surface area contributed by atoms with Crippen molar-refractivity contribution in [3.63, 3.8) is 0 Å². The number of benzene rings is 2. The summed E-state index contributed by atoms with van der Waals surface area (Å²) in [6.07, 6.45) is 2.56. The summed E-state index contributed by atoms with van der Waals surface area (Å²) in [5.74, 6) is 0.767. The van der Waals surface area contributed by atoms with Crippen LogP contribution in [0.5, 0.6) is 0 Å². The minimum atomic E-state index is -0.567. The second-order valence-corrected chi connectivity index (χ2v) is 21.3. The quantitative estimate of drug-likeness (QED) is 0.125. The minimum Gasteiger partial charge on any atom is -0.870 e. The molecule has 4 aromatic rings. The largest absolute Gasteiger partial charge is 1.00 e. The van der Waals surface area contributed by atoms with Crippen LogP contribution >= 0.6 is 31.9 Å². The van der Waals surface area contributed by atoms with Crippen LogP contribution in [0, 0.1) is 0 Å². The molecule has 3 N–H and O–H groups in total. The van der Waals surface area contributed by atoms with E-state index < -0.39 is 11.2 Å². The van der Waals surface area contributed by atoms with Gasteiger partial charge in [0.05, 0.1) is 5.82 Å². The SMILES string of the molecule is CC(C)(C)OC(=O)N1CC[C@@H](CC(=O)c2noc(C(C)(C)C)n2)c2ccc(Br)cc2C1.CC(C)(C)OC(=O)N1CC[C@@H](N)c2ccc(Br)cc2C1.CC(C)(C)c1nc([C-]=O)no1.[K+].[OH-]. The van der Waals surface area contributed by atoms with Gasteiger partial charge < -0.3 is 44.3 Å². The number of ether oxygens (including phenoxy) is 2. The molecule has 2 aliphatic rings. The minimum absolute atomic E-state index is 0. The Labute approximate surface area is 435 Å². The predicted octanol–water partition coefficient (Wildman–Crippen LogP) is 6.87. The Kier molecular flexibility index (Phi) is 21.2. The first-order valence-corrected chi connectivity index (χ1v) is 22.1. The maximum atomic E-state index is 12.9. The van der Waals surface area contributed by atoms with Crippen molar-refractivity contribution in [3.05, 3.63) is 91.0 Å². The number of carbonyl (C=O) groups excluding carboxylic acids is 4. The van der Waals surface area contributed by atoms with Gasteiger partial charge in [-0.15, -0.1) is 0 Å². The molecule has 2 amide bonds. The molecular formula is C45H61Br2KN7O9-. The van der Waals surface area contributed by atoms with Crippen molar-refractivity contribution in [3.8, 4) is 0 Å². The molecule has 0 aliphatic carbocycles. The van der Waals surface area contributed by atoms with Crippen LogP contribution in [-0.4, -0.2) is 84.1 Å². The summed E-state index contributed by atoms with van der Waals surface area (Å²) >= 11 is 6.98. The molecule has 0 fully saturated rings. The number of nitrogens with two attached hydrogens (primary N) is 1. The first-order valence-electron chi connectivity index (χ1n) is 20.5. The van der Waals surface area contributed by atoms with Gasteiger partial charge in [0.15, 0.2) is 0 Å². The summed E-state index contributed by atoms with van der Waals surface area (Å²) in [5, 5.41) is 7.29. The van der Waals surface area contributed by atoms with E-state index in [1.165, 1.54) is 0 Å². The maximum absolute atomic E-state index is 12.9. The summed E-state index contributed by atoms with van der Waals surface area (Å²) in [7, 11) is 0. The van der Waals surface area contributed by atoms with E-state index >= 15 is 0 Å². The van der Waals surface area contributed by atoms with Crippen LogP contribution in [0.1, 0.15) is 165 Å². The molecule has 64 heavy (non-hydrogen) atoms. The fourth-order valence-corrected chi connectivity index (χ4v) is 7.19. The van der Waals surface area contributed by atoms with Gasteiger partial charge in [0, 0.05) is 58.4 Å². The van der Waals surface area contributed by atoms with Gasteiger partial charge in [0.1, 0.15) is 11.2 Å². The molecule has 2 aliphatic heterocycles. The number of carbonyl (C=O) groups is 3. The van der Waals surface area contributed by atoms with Gasteiger partial charge >= 0.3 is 63.6 Å². The number of halogens is 2. The summed E-state index contributed by atoms with van der Waals surface area (Å²) in [6.45, 7) is 24.9. The number of hydrogen-bond donors (Lipinski definition) is 1. The third kappa shape index (κ3) is 17.4. The van der Waals surface area contributed by atoms with E-state index in [0.29, 0.717) is 44.4 Å². The van der Waals surface area contributed by atoms with Gasteiger partial charge in [-0.3, -0.25) is 4.79 Å². The van der Waals surface area contributed by atoms with Crippen molar-refractivity contribution < 1.29 is 94.6 Å². The Bertz CT molecular complexity index is 2200. The van der Waals surface area contributed by atoms with E-state index in [9.17, 15) is 19.2 Å². The molecule has 0 bridgehead atoms. The molecule has 19 heteroatoms. The van der Waals surface area contributed by atoms with Crippen LogP contribution < -0.4 is 57.1 Å². The molecule has 6 rings (SSSR count). The number of aromatic nitrogens is 4. The van der Waals surface area contributed by atoms with E-state index in [-0.39, 0.29) is 116 Å². The van der Waals surface area contributed by atoms with Crippen LogP contribution in [0.25, 0.3) is 0 Å². The zero-order chi connectivity index (χ0) is 46.4. The number of Topliss-reactive ketones (excluding diaryl/α,β-unsaturated/α-hetero) is 1. The number of rotatable bonds is 4. The van der Waals surface area contributed by atoms with Gasteiger partial charge in [-0.05, 0) is 107 Å². The smallest absolute Gasteiger partial charge is 0.870 e. The Balaban J connectivity index is 0.000000365. The van der Waals surface area contributed by atoms with Gasteiger partial charge in [0.2, 0.25) is 23.4 Å². The summed E-state index contributed by atoms with van der Waals surface area (Å²) in [4.78, 5) is 59.4. The topological polar surface area (TPSA) is 227 Å². The number of amides is 2. The molecule has 16 nitrogen and oxygen atoms in total. The van der Waals surface area contributed by atoms with Crippen LogP contribution in [0.15, 0.2) is 54.4 Å². The normalized spacial score (nSPS) is 16.3. The van der Waals surface area contributed by atoms with Gasteiger partial charge in [-0.25, -0.2) is 14.6 Å². The molecule has 0 spiro atoms. The molecule has 0 saturated carbocycles. The fourth-order valence-electron chi connectivity index (χ4n) is 6.37. The Morgan fingerprint density at radius 1 is 0.734 bits per heavy atom. The first-order chi connectivity index (χ1) is 28.6. The van der Waals surface area contributed by atoms with E-state index in [1.54, 1.807) is 16.1 Å².